The van der Waals surface area contributed by atoms with Crippen molar-refractivity contribution >= 4 is 35.3 Å². The van der Waals surface area contributed by atoms with Crippen LogP contribution in [0.5, 0.6) is 0 Å². The molecular formula is C25H31ClN4O2S. The molecule has 0 saturated carbocycles. The van der Waals surface area contributed by atoms with Gasteiger partial charge in [-0.2, -0.15) is 5.10 Å². The zero-order valence-corrected chi connectivity index (χ0v) is 21.4. The summed E-state index contributed by atoms with van der Waals surface area (Å²) in [5.74, 6) is 0.389. The van der Waals surface area contributed by atoms with Gasteiger partial charge in [0, 0.05) is 22.7 Å². The smallest absolute Gasteiger partial charge is 0.329 e. The highest BCUT2D eigenvalue weighted by molar-refractivity contribution is 7.97. The molecule has 3 aromatic rings. The third-order valence-corrected chi connectivity index (χ3v) is 6.12. The monoisotopic (exact) mass is 486 g/mol. The van der Waals surface area contributed by atoms with Crippen molar-refractivity contribution in [2.45, 2.75) is 64.0 Å². The number of hydrogen-bond donors (Lipinski definition) is 3. The molecular weight excluding hydrogens is 456 g/mol. The van der Waals surface area contributed by atoms with E-state index in [1.165, 1.54) is 0 Å². The average Bonchev–Trinajstić information content (AvgIpc) is 3.18. The highest BCUT2D eigenvalue weighted by Crippen LogP contribution is 2.35. The van der Waals surface area contributed by atoms with Crippen LogP contribution < -0.4 is 10.0 Å². The molecule has 0 spiro atoms. The Morgan fingerprint density at radius 1 is 1.06 bits per heavy atom. The SMILES string of the molecule is CC(C)c1cc(Cl)cc(C(C)C)c1NC(=O)NSc1cc(C(C)(C)O)n(-c2ccccc2)n1. The topological polar surface area (TPSA) is 79.2 Å². The largest absolute Gasteiger partial charge is 0.384 e. The standard InChI is InChI=1S/C25H31ClN4O2S/c1-15(2)19-12-17(26)13-20(16(3)4)23(19)27-24(31)29-33-22-14-21(25(5,6)32)30(28-22)18-10-8-7-9-11-18/h7-16,32H,1-6H3,(H2,27,29,31). The highest BCUT2D eigenvalue weighted by Gasteiger charge is 2.24. The molecule has 0 saturated heterocycles. The lowest BCUT2D eigenvalue weighted by Gasteiger charge is -2.21. The van der Waals surface area contributed by atoms with E-state index in [0.717, 1.165) is 34.4 Å². The number of carbonyl (C=O) groups excluding carboxylic acids is 1. The first-order valence-corrected chi connectivity index (χ1v) is 12.1. The molecule has 3 N–H and O–H groups in total. The Balaban J connectivity index is 1.82. The van der Waals surface area contributed by atoms with Gasteiger partial charge in [-0.3, -0.25) is 4.72 Å². The maximum atomic E-state index is 12.8. The summed E-state index contributed by atoms with van der Waals surface area (Å²) < 4.78 is 4.50. The van der Waals surface area contributed by atoms with Crippen molar-refractivity contribution in [3.05, 3.63) is 70.4 Å². The summed E-state index contributed by atoms with van der Waals surface area (Å²) in [6.07, 6.45) is 0. The van der Waals surface area contributed by atoms with Gasteiger partial charge in [-0.1, -0.05) is 57.5 Å². The predicted octanol–water partition coefficient (Wildman–Crippen LogP) is 6.83. The van der Waals surface area contributed by atoms with E-state index in [1.807, 2.05) is 42.5 Å². The Kier molecular flexibility index (Phi) is 7.77. The molecule has 2 aromatic carbocycles. The van der Waals surface area contributed by atoms with Crippen LogP contribution in [0.1, 0.15) is 70.2 Å². The molecule has 33 heavy (non-hydrogen) atoms. The van der Waals surface area contributed by atoms with Crippen LogP contribution in [0.25, 0.3) is 5.69 Å². The van der Waals surface area contributed by atoms with E-state index in [0.29, 0.717) is 15.7 Å². The fourth-order valence-electron chi connectivity index (χ4n) is 3.55. The normalized spacial score (nSPS) is 11.8. The van der Waals surface area contributed by atoms with Gasteiger partial charge in [0.1, 0.15) is 10.6 Å². The minimum Gasteiger partial charge on any atom is -0.384 e. The number of amides is 2. The van der Waals surface area contributed by atoms with Gasteiger partial charge in [-0.15, -0.1) is 0 Å². The van der Waals surface area contributed by atoms with Crippen molar-refractivity contribution in [3.63, 3.8) is 0 Å². The zero-order valence-electron chi connectivity index (χ0n) is 19.8. The van der Waals surface area contributed by atoms with Crippen LogP contribution in [0.4, 0.5) is 10.5 Å². The summed E-state index contributed by atoms with van der Waals surface area (Å²) in [4.78, 5) is 12.8. The average molecular weight is 487 g/mol. The Morgan fingerprint density at radius 3 is 2.15 bits per heavy atom. The third-order valence-electron chi connectivity index (χ3n) is 5.21. The Morgan fingerprint density at radius 2 is 1.64 bits per heavy atom. The molecule has 0 radical (unpaired) electrons. The molecule has 0 atom stereocenters. The summed E-state index contributed by atoms with van der Waals surface area (Å²) in [5, 5.41) is 19.4. The zero-order chi connectivity index (χ0) is 24.3. The molecule has 6 nitrogen and oxygen atoms in total. The minimum atomic E-state index is -1.11. The van der Waals surface area contributed by atoms with Gasteiger partial charge in [0.15, 0.2) is 0 Å². The highest BCUT2D eigenvalue weighted by atomic mass is 35.5. The molecule has 0 fully saturated rings. The lowest BCUT2D eigenvalue weighted by atomic mass is 9.92. The van der Waals surface area contributed by atoms with Gasteiger partial charge in [0.05, 0.1) is 11.4 Å². The van der Waals surface area contributed by atoms with E-state index < -0.39 is 5.60 Å². The molecule has 3 rings (SSSR count). The summed E-state index contributed by atoms with van der Waals surface area (Å²) in [6.45, 7) is 11.7. The van der Waals surface area contributed by atoms with Crippen molar-refractivity contribution in [1.82, 2.24) is 14.5 Å². The summed E-state index contributed by atoms with van der Waals surface area (Å²) in [7, 11) is 0. The number of aromatic nitrogens is 2. The molecule has 0 unspecified atom stereocenters. The minimum absolute atomic E-state index is 0.195. The van der Waals surface area contributed by atoms with E-state index in [2.05, 4.69) is 42.8 Å². The number of halogens is 1. The van der Waals surface area contributed by atoms with Crippen molar-refractivity contribution < 1.29 is 9.90 Å². The molecule has 0 aliphatic rings. The maximum Gasteiger partial charge on any atom is 0.329 e. The lowest BCUT2D eigenvalue weighted by molar-refractivity contribution is 0.0711. The molecule has 0 aliphatic heterocycles. The first-order chi connectivity index (χ1) is 15.5. The lowest BCUT2D eigenvalue weighted by Crippen LogP contribution is -2.24. The fourth-order valence-corrected chi connectivity index (χ4v) is 4.33. The molecule has 8 heteroatoms. The van der Waals surface area contributed by atoms with Gasteiger partial charge in [0.2, 0.25) is 0 Å². The van der Waals surface area contributed by atoms with Crippen LogP contribution >= 0.6 is 23.5 Å². The van der Waals surface area contributed by atoms with Gasteiger partial charge < -0.3 is 10.4 Å². The second kappa shape index (κ2) is 10.2. The summed E-state index contributed by atoms with van der Waals surface area (Å²) >= 11 is 7.42. The molecule has 0 aliphatic carbocycles. The Hall–Kier alpha value is -2.48. The number of carbonyl (C=O) groups is 1. The number of hydrogen-bond acceptors (Lipinski definition) is 4. The van der Waals surface area contributed by atoms with Crippen molar-refractivity contribution in [3.8, 4) is 5.69 Å². The number of urea groups is 1. The van der Waals surface area contributed by atoms with E-state index >= 15 is 0 Å². The van der Waals surface area contributed by atoms with Crippen molar-refractivity contribution in [1.29, 1.82) is 0 Å². The molecule has 1 aromatic heterocycles. The Labute approximate surface area is 204 Å². The number of rotatable bonds is 7. The van der Waals surface area contributed by atoms with Crippen LogP contribution in [0.2, 0.25) is 5.02 Å². The number of para-hydroxylation sites is 1. The van der Waals surface area contributed by atoms with Crippen LogP contribution in [0.15, 0.2) is 53.6 Å². The fraction of sp³-hybridized carbons (Fsp3) is 0.360. The summed E-state index contributed by atoms with van der Waals surface area (Å²) in [5.41, 5.74) is 3.11. The van der Waals surface area contributed by atoms with E-state index in [9.17, 15) is 9.90 Å². The maximum absolute atomic E-state index is 12.8. The molecule has 176 valence electrons. The first kappa shape index (κ1) is 25.1. The van der Waals surface area contributed by atoms with E-state index in [-0.39, 0.29) is 17.9 Å². The molecule has 2 amide bonds. The van der Waals surface area contributed by atoms with Crippen LogP contribution in [0, 0.1) is 0 Å². The number of anilines is 1. The van der Waals surface area contributed by atoms with Gasteiger partial charge >= 0.3 is 6.03 Å². The second-order valence-electron chi connectivity index (χ2n) is 9.10. The molecule has 1 heterocycles. The van der Waals surface area contributed by atoms with Crippen molar-refractivity contribution in [2.75, 3.05) is 5.32 Å². The number of nitrogens with one attached hydrogen (secondary N) is 2. The number of benzene rings is 2. The second-order valence-corrected chi connectivity index (χ2v) is 10.4. The predicted molar refractivity (Wildman–Crippen MR) is 136 cm³/mol. The van der Waals surface area contributed by atoms with Crippen LogP contribution in [-0.2, 0) is 5.60 Å². The van der Waals surface area contributed by atoms with Crippen LogP contribution in [0.3, 0.4) is 0 Å². The van der Waals surface area contributed by atoms with E-state index in [4.69, 9.17) is 11.6 Å². The first-order valence-electron chi connectivity index (χ1n) is 10.9. The van der Waals surface area contributed by atoms with E-state index in [1.54, 1.807) is 24.6 Å². The van der Waals surface area contributed by atoms with Crippen LogP contribution in [-0.4, -0.2) is 20.9 Å². The number of nitrogens with zero attached hydrogens (tertiary/aromatic N) is 2. The van der Waals surface area contributed by atoms with Gasteiger partial charge in [-0.25, -0.2) is 9.48 Å². The van der Waals surface area contributed by atoms with Gasteiger partial charge in [-0.05, 0) is 67.1 Å². The summed E-state index contributed by atoms with van der Waals surface area (Å²) in [6, 6.07) is 14.8. The Bertz CT molecular complexity index is 1090. The van der Waals surface area contributed by atoms with Crippen molar-refractivity contribution in [2.24, 2.45) is 0 Å². The van der Waals surface area contributed by atoms with Gasteiger partial charge in [0.25, 0.3) is 0 Å². The molecule has 0 bridgehead atoms. The third kappa shape index (κ3) is 6.10. The quantitative estimate of drug-likeness (QED) is 0.320. The number of aliphatic hydroxyl groups is 1.